The maximum Gasteiger partial charge on any atom is 0.469 e. The molecular weight excluding hydrogens is 215 g/mol. The third kappa shape index (κ3) is 8.46. The van der Waals surface area contributed by atoms with Crippen molar-refractivity contribution in [3.63, 3.8) is 0 Å². The van der Waals surface area contributed by atoms with Gasteiger partial charge < -0.3 is 9.79 Å². The molecule has 13 heavy (non-hydrogen) atoms. The number of hydrogen-bond acceptors (Lipinski definition) is 4. The van der Waals surface area contributed by atoms with Gasteiger partial charge >= 0.3 is 7.82 Å². The molecule has 0 amide bonds. The van der Waals surface area contributed by atoms with Crippen LogP contribution in [-0.4, -0.2) is 27.3 Å². The van der Waals surface area contributed by atoms with Crippen LogP contribution in [-0.2, 0) is 13.9 Å². The lowest BCUT2D eigenvalue weighted by Crippen LogP contribution is -2.05. The molecule has 0 fully saturated rings. The van der Waals surface area contributed by atoms with Gasteiger partial charge in [-0.15, -0.1) is 0 Å². The Labute approximate surface area is 81.1 Å². The van der Waals surface area contributed by atoms with Crippen LogP contribution >= 0.6 is 19.6 Å². The zero-order valence-electron chi connectivity index (χ0n) is 7.47. The van der Waals surface area contributed by atoms with Gasteiger partial charge in [-0.3, -0.25) is 9.32 Å². The first-order valence-electron chi connectivity index (χ1n) is 3.69. The molecule has 0 aliphatic rings. The van der Waals surface area contributed by atoms with E-state index in [0.29, 0.717) is 0 Å². The molecule has 0 saturated carbocycles. The van der Waals surface area contributed by atoms with Gasteiger partial charge in [0.2, 0.25) is 0 Å². The molecule has 0 radical (unpaired) electrons. The summed E-state index contributed by atoms with van der Waals surface area (Å²) in [6.45, 7) is 3.41. The van der Waals surface area contributed by atoms with Crippen molar-refractivity contribution in [2.24, 2.45) is 5.92 Å². The second-order valence-corrected chi connectivity index (χ2v) is 4.98. The minimum absolute atomic E-state index is 0.00527. The Kier molecular flexibility index (Phi) is 5.83. The highest BCUT2D eigenvalue weighted by molar-refractivity contribution is 8.13. The van der Waals surface area contributed by atoms with E-state index >= 15 is 0 Å². The molecule has 7 heteroatoms. The van der Waals surface area contributed by atoms with Crippen LogP contribution in [0.25, 0.3) is 0 Å². The molecule has 0 aromatic carbocycles. The van der Waals surface area contributed by atoms with Crippen LogP contribution in [0.15, 0.2) is 0 Å². The van der Waals surface area contributed by atoms with Crippen LogP contribution in [0, 0.1) is 5.92 Å². The molecular formula is C6H13O5PS. The van der Waals surface area contributed by atoms with Crippen LogP contribution in [0.1, 0.15) is 13.8 Å². The van der Waals surface area contributed by atoms with Gasteiger partial charge in [0.05, 0.1) is 6.61 Å². The SMILES string of the molecule is CC(C)C(=O)SCCOP(=O)(O)O. The summed E-state index contributed by atoms with van der Waals surface area (Å²) in [4.78, 5) is 27.6. The highest BCUT2D eigenvalue weighted by Crippen LogP contribution is 2.35. The second kappa shape index (κ2) is 5.78. The van der Waals surface area contributed by atoms with Crippen LogP contribution < -0.4 is 0 Å². The van der Waals surface area contributed by atoms with Crippen molar-refractivity contribution in [2.75, 3.05) is 12.4 Å². The van der Waals surface area contributed by atoms with Crippen LogP contribution in [0.4, 0.5) is 0 Å². The molecule has 0 spiro atoms. The summed E-state index contributed by atoms with van der Waals surface area (Å²) in [5.41, 5.74) is 0. The van der Waals surface area contributed by atoms with Crippen molar-refractivity contribution >= 4 is 24.7 Å². The van der Waals surface area contributed by atoms with Crippen LogP contribution in [0.2, 0.25) is 0 Å². The van der Waals surface area contributed by atoms with Crippen molar-refractivity contribution in [1.82, 2.24) is 0 Å². The van der Waals surface area contributed by atoms with Gasteiger partial charge in [-0.05, 0) is 0 Å². The first-order chi connectivity index (χ1) is 5.83. The number of carbonyl (C=O) groups excluding carboxylic acids is 1. The average molecular weight is 228 g/mol. The quantitative estimate of drug-likeness (QED) is 0.539. The first-order valence-corrected chi connectivity index (χ1v) is 6.21. The van der Waals surface area contributed by atoms with E-state index in [1.807, 2.05) is 0 Å². The highest BCUT2D eigenvalue weighted by atomic mass is 32.2. The average Bonchev–Trinajstić information content (AvgIpc) is 1.95. The molecule has 0 unspecified atom stereocenters. The Bertz CT molecular complexity index is 211. The molecule has 0 aliphatic carbocycles. The fourth-order valence-corrected chi connectivity index (χ4v) is 1.62. The number of hydrogen-bond donors (Lipinski definition) is 2. The molecule has 0 saturated heterocycles. The largest absolute Gasteiger partial charge is 0.469 e. The van der Waals surface area contributed by atoms with E-state index in [-0.39, 0.29) is 23.4 Å². The maximum atomic E-state index is 11.0. The molecule has 2 N–H and O–H groups in total. The zero-order chi connectivity index (χ0) is 10.5. The van der Waals surface area contributed by atoms with E-state index in [4.69, 9.17) is 9.79 Å². The van der Waals surface area contributed by atoms with Gasteiger partial charge in [0.1, 0.15) is 0 Å². The smallest absolute Gasteiger partial charge is 0.303 e. The lowest BCUT2D eigenvalue weighted by atomic mass is 10.3. The number of thioether (sulfide) groups is 1. The minimum Gasteiger partial charge on any atom is -0.303 e. The summed E-state index contributed by atoms with van der Waals surface area (Å²) in [6.07, 6.45) is 0. The van der Waals surface area contributed by atoms with E-state index in [2.05, 4.69) is 4.52 Å². The predicted octanol–water partition coefficient (Wildman–Crippen LogP) is 1.01. The lowest BCUT2D eigenvalue weighted by Gasteiger charge is -2.05. The zero-order valence-corrected chi connectivity index (χ0v) is 9.18. The van der Waals surface area contributed by atoms with Gasteiger partial charge in [0, 0.05) is 11.7 Å². The van der Waals surface area contributed by atoms with E-state index in [0.717, 1.165) is 11.8 Å². The Hall–Kier alpha value is 0.130. The molecule has 78 valence electrons. The fourth-order valence-electron chi connectivity index (χ4n) is 0.465. The Morgan fingerprint density at radius 1 is 1.54 bits per heavy atom. The van der Waals surface area contributed by atoms with Gasteiger partial charge in [-0.2, -0.15) is 0 Å². The molecule has 0 rings (SSSR count). The third-order valence-electron chi connectivity index (χ3n) is 1.06. The molecule has 0 aromatic heterocycles. The van der Waals surface area contributed by atoms with Crippen molar-refractivity contribution < 1.29 is 23.7 Å². The van der Waals surface area contributed by atoms with Crippen molar-refractivity contribution in [1.29, 1.82) is 0 Å². The van der Waals surface area contributed by atoms with Crippen molar-refractivity contribution in [3.8, 4) is 0 Å². The summed E-state index contributed by atoms with van der Waals surface area (Å²) >= 11 is 1.02. The summed E-state index contributed by atoms with van der Waals surface area (Å²) in [5, 5.41) is -0.00527. The van der Waals surface area contributed by atoms with E-state index < -0.39 is 7.82 Å². The highest BCUT2D eigenvalue weighted by Gasteiger charge is 2.14. The number of phosphoric ester groups is 1. The monoisotopic (exact) mass is 228 g/mol. The number of rotatable bonds is 5. The summed E-state index contributed by atoms with van der Waals surface area (Å²) < 4.78 is 14.3. The topological polar surface area (TPSA) is 83.8 Å². The van der Waals surface area contributed by atoms with E-state index in [9.17, 15) is 9.36 Å². The molecule has 0 atom stereocenters. The summed E-state index contributed by atoms with van der Waals surface area (Å²) in [7, 11) is -4.37. The minimum atomic E-state index is -4.37. The molecule has 0 bridgehead atoms. The Balaban J connectivity index is 3.47. The van der Waals surface area contributed by atoms with Crippen LogP contribution in [0.3, 0.4) is 0 Å². The summed E-state index contributed by atoms with van der Waals surface area (Å²) in [5.74, 6) is 0.197. The second-order valence-electron chi connectivity index (χ2n) is 2.65. The van der Waals surface area contributed by atoms with Crippen molar-refractivity contribution in [3.05, 3.63) is 0 Å². The molecule has 0 heterocycles. The molecule has 0 aliphatic heterocycles. The van der Waals surface area contributed by atoms with Crippen LogP contribution in [0.5, 0.6) is 0 Å². The van der Waals surface area contributed by atoms with Gasteiger partial charge in [-0.1, -0.05) is 25.6 Å². The molecule has 5 nitrogen and oxygen atoms in total. The number of carbonyl (C=O) groups is 1. The van der Waals surface area contributed by atoms with Crippen molar-refractivity contribution in [2.45, 2.75) is 13.8 Å². The normalized spacial score (nSPS) is 12.1. The van der Waals surface area contributed by atoms with Gasteiger partial charge in [0.15, 0.2) is 5.12 Å². The third-order valence-corrected chi connectivity index (χ3v) is 2.70. The van der Waals surface area contributed by atoms with E-state index in [1.54, 1.807) is 13.8 Å². The Morgan fingerprint density at radius 3 is 2.46 bits per heavy atom. The first kappa shape index (κ1) is 13.1. The lowest BCUT2D eigenvalue weighted by molar-refractivity contribution is -0.113. The van der Waals surface area contributed by atoms with E-state index in [1.165, 1.54) is 0 Å². The fraction of sp³-hybridized carbons (Fsp3) is 0.833. The number of phosphoric acid groups is 1. The Morgan fingerprint density at radius 2 is 2.08 bits per heavy atom. The maximum absolute atomic E-state index is 11.0. The molecule has 0 aromatic rings. The van der Waals surface area contributed by atoms with Gasteiger partial charge in [0.25, 0.3) is 0 Å². The van der Waals surface area contributed by atoms with Gasteiger partial charge in [-0.25, -0.2) is 4.57 Å². The predicted molar refractivity (Wildman–Crippen MR) is 50.3 cm³/mol. The standard InChI is InChI=1S/C6H13O5PS/c1-5(2)6(7)13-4-3-11-12(8,9)10/h5H,3-4H2,1-2H3,(H2,8,9,10). The summed E-state index contributed by atoms with van der Waals surface area (Å²) in [6, 6.07) is 0.